The van der Waals surface area contributed by atoms with Crippen LogP contribution < -0.4 is 5.46 Å². The lowest BCUT2D eigenvalue weighted by molar-refractivity contribution is 0.571. The van der Waals surface area contributed by atoms with Crippen molar-refractivity contribution >= 4 is 24.9 Å². The molecule has 0 fully saturated rings. The number of hydrogen-bond donors (Lipinski definition) is 0. The fraction of sp³-hybridized carbons (Fsp3) is 0.333. The second-order valence-corrected chi connectivity index (χ2v) is 4.65. The predicted molar refractivity (Wildman–Crippen MR) is 63.2 cm³/mol. The quantitative estimate of drug-likeness (QED) is 0.448. The van der Waals surface area contributed by atoms with Crippen LogP contribution in [0, 0.1) is 17.3 Å². The Bertz CT molecular complexity index is 391. The lowest BCUT2D eigenvalue weighted by Gasteiger charge is -2.07. The standard InChI is InChI=1S/C12H12BCl/c1-12(2,3)7-6-9-4-5-10(13)8-11(9)14/h4-5,8H,1-3H3. The van der Waals surface area contributed by atoms with E-state index < -0.39 is 0 Å². The Hall–Kier alpha value is -0.865. The van der Waals surface area contributed by atoms with Gasteiger partial charge in [0, 0.05) is 11.0 Å². The Labute approximate surface area is 92.1 Å². The zero-order chi connectivity index (χ0) is 10.8. The molecule has 70 valence electrons. The van der Waals surface area contributed by atoms with Crippen LogP contribution in [0.5, 0.6) is 0 Å². The second kappa shape index (κ2) is 4.11. The van der Waals surface area contributed by atoms with E-state index in [2.05, 4.69) is 32.6 Å². The van der Waals surface area contributed by atoms with Crippen molar-refractivity contribution in [2.75, 3.05) is 0 Å². The van der Waals surface area contributed by atoms with E-state index in [0.29, 0.717) is 10.5 Å². The van der Waals surface area contributed by atoms with Crippen molar-refractivity contribution in [1.82, 2.24) is 0 Å². The maximum absolute atomic E-state index is 5.98. The van der Waals surface area contributed by atoms with E-state index in [9.17, 15) is 0 Å². The summed E-state index contributed by atoms with van der Waals surface area (Å²) in [5, 5.41) is 0.613. The van der Waals surface area contributed by atoms with E-state index in [4.69, 9.17) is 19.4 Å². The van der Waals surface area contributed by atoms with Crippen LogP contribution >= 0.6 is 11.6 Å². The van der Waals surface area contributed by atoms with Crippen molar-refractivity contribution in [1.29, 1.82) is 0 Å². The smallest absolute Gasteiger partial charge is 0.0951 e. The Balaban J connectivity index is 3.02. The molecular weight excluding hydrogens is 190 g/mol. The SMILES string of the molecule is [B]c1ccc(C#CC(C)(C)C)c(Cl)c1. The van der Waals surface area contributed by atoms with Gasteiger partial charge in [0.05, 0.1) is 5.02 Å². The van der Waals surface area contributed by atoms with Crippen molar-refractivity contribution in [3.8, 4) is 11.8 Å². The van der Waals surface area contributed by atoms with Crippen LogP contribution in [0.4, 0.5) is 0 Å². The zero-order valence-corrected chi connectivity index (χ0v) is 9.44. The Morgan fingerprint density at radius 2 is 1.93 bits per heavy atom. The van der Waals surface area contributed by atoms with Gasteiger partial charge in [0.2, 0.25) is 0 Å². The molecule has 0 N–H and O–H groups in total. The van der Waals surface area contributed by atoms with Gasteiger partial charge in [-0.15, -0.1) is 0 Å². The van der Waals surface area contributed by atoms with Gasteiger partial charge in [-0.05, 0) is 32.9 Å². The van der Waals surface area contributed by atoms with Crippen LogP contribution in [0.25, 0.3) is 0 Å². The largest absolute Gasteiger partial charge is 0.113 e. The van der Waals surface area contributed by atoms with E-state index in [1.54, 1.807) is 12.1 Å². The monoisotopic (exact) mass is 202 g/mol. The highest BCUT2D eigenvalue weighted by molar-refractivity contribution is 6.36. The molecule has 0 aliphatic carbocycles. The van der Waals surface area contributed by atoms with Gasteiger partial charge in [-0.2, -0.15) is 0 Å². The zero-order valence-electron chi connectivity index (χ0n) is 8.69. The Kier molecular flexibility index (Phi) is 3.29. The molecule has 0 atom stereocenters. The third-order valence-electron chi connectivity index (χ3n) is 1.57. The molecule has 0 spiro atoms. The summed E-state index contributed by atoms with van der Waals surface area (Å²) in [6.45, 7) is 6.18. The number of benzene rings is 1. The average molecular weight is 202 g/mol. The molecule has 0 nitrogen and oxygen atoms in total. The molecule has 2 radical (unpaired) electrons. The first-order chi connectivity index (χ1) is 6.38. The first-order valence-corrected chi connectivity index (χ1v) is 4.84. The summed E-state index contributed by atoms with van der Waals surface area (Å²) in [6.07, 6.45) is 0. The lowest BCUT2D eigenvalue weighted by atomic mass is 9.94. The molecule has 1 aromatic rings. The summed E-state index contributed by atoms with van der Waals surface area (Å²) in [7, 11) is 5.58. The predicted octanol–water partition coefficient (Wildman–Crippen LogP) is 2.53. The number of hydrogen-bond acceptors (Lipinski definition) is 0. The van der Waals surface area contributed by atoms with E-state index in [-0.39, 0.29) is 5.41 Å². The summed E-state index contributed by atoms with van der Waals surface area (Å²) in [5.41, 5.74) is 1.48. The maximum Gasteiger partial charge on any atom is 0.113 e. The highest BCUT2D eigenvalue weighted by Gasteiger charge is 2.04. The molecule has 0 aromatic heterocycles. The molecule has 0 saturated heterocycles. The van der Waals surface area contributed by atoms with Crippen molar-refractivity contribution in [3.05, 3.63) is 28.8 Å². The topological polar surface area (TPSA) is 0 Å². The van der Waals surface area contributed by atoms with Gasteiger partial charge in [0.15, 0.2) is 0 Å². The van der Waals surface area contributed by atoms with Crippen LogP contribution in [-0.2, 0) is 0 Å². The minimum Gasteiger partial charge on any atom is -0.0951 e. The van der Waals surface area contributed by atoms with Crippen LogP contribution in [-0.4, -0.2) is 7.85 Å². The van der Waals surface area contributed by atoms with Gasteiger partial charge >= 0.3 is 0 Å². The summed E-state index contributed by atoms with van der Waals surface area (Å²) in [4.78, 5) is 0. The lowest BCUT2D eigenvalue weighted by Crippen LogP contribution is -2.02. The van der Waals surface area contributed by atoms with Crippen molar-refractivity contribution in [2.45, 2.75) is 20.8 Å². The van der Waals surface area contributed by atoms with Crippen LogP contribution in [0.2, 0.25) is 5.02 Å². The highest BCUT2D eigenvalue weighted by Crippen LogP contribution is 2.15. The fourth-order valence-electron chi connectivity index (χ4n) is 0.888. The Morgan fingerprint density at radius 1 is 1.29 bits per heavy atom. The molecule has 14 heavy (non-hydrogen) atoms. The van der Waals surface area contributed by atoms with Gasteiger partial charge in [-0.1, -0.05) is 35.0 Å². The molecule has 0 saturated carbocycles. The molecule has 0 heterocycles. The van der Waals surface area contributed by atoms with Crippen molar-refractivity contribution in [3.63, 3.8) is 0 Å². The van der Waals surface area contributed by atoms with E-state index in [1.165, 1.54) is 0 Å². The van der Waals surface area contributed by atoms with Crippen LogP contribution in [0.15, 0.2) is 18.2 Å². The van der Waals surface area contributed by atoms with Gasteiger partial charge in [0.1, 0.15) is 7.85 Å². The van der Waals surface area contributed by atoms with E-state index >= 15 is 0 Å². The minimum absolute atomic E-state index is 0.00921. The molecule has 0 aliphatic rings. The molecule has 2 heteroatoms. The molecular formula is C12H12BCl. The number of rotatable bonds is 0. The maximum atomic E-state index is 5.98. The van der Waals surface area contributed by atoms with Crippen LogP contribution in [0.3, 0.4) is 0 Å². The molecule has 0 bridgehead atoms. The summed E-state index contributed by atoms with van der Waals surface area (Å²) >= 11 is 5.98. The summed E-state index contributed by atoms with van der Waals surface area (Å²) < 4.78 is 0. The first kappa shape index (κ1) is 11.2. The average Bonchev–Trinajstić information content (AvgIpc) is 2.00. The van der Waals surface area contributed by atoms with Crippen LogP contribution in [0.1, 0.15) is 26.3 Å². The highest BCUT2D eigenvalue weighted by atomic mass is 35.5. The second-order valence-electron chi connectivity index (χ2n) is 4.24. The normalized spacial score (nSPS) is 10.6. The third-order valence-corrected chi connectivity index (χ3v) is 1.88. The van der Waals surface area contributed by atoms with Gasteiger partial charge in [-0.25, -0.2) is 0 Å². The Morgan fingerprint density at radius 3 is 2.43 bits per heavy atom. The van der Waals surface area contributed by atoms with E-state index in [1.807, 2.05) is 6.07 Å². The fourth-order valence-corrected chi connectivity index (χ4v) is 1.12. The van der Waals surface area contributed by atoms with E-state index in [0.717, 1.165) is 5.56 Å². The molecule has 1 aromatic carbocycles. The number of halogens is 1. The van der Waals surface area contributed by atoms with Gasteiger partial charge in [0.25, 0.3) is 0 Å². The van der Waals surface area contributed by atoms with Crippen molar-refractivity contribution < 1.29 is 0 Å². The minimum atomic E-state index is -0.00921. The molecule has 0 aliphatic heterocycles. The van der Waals surface area contributed by atoms with Gasteiger partial charge in [-0.3, -0.25) is 0 Å². The first-order valence-electron chi connectivity index (χ1n) is 4.47. The molecule has 0 amide bonds. The third kappa shape index (κ3) is 3.48. The van der Waals surface area contributed by atoms with Crippen molar-refractivity contribution in [2.24, 2.45) is 5.41 Å². The summed E-state index contributed by atoms with van der Waals surface area (Å²) in [5.74, 6) is 6.17. The van der Waals surface area contributed by atoms with Gasteiger partial charge < -0.3 is 0 Å². The molecule has 0 unspecified atom stereocenters. The summed E-state index contributed by atoms with van der Waals surface area (Å²) in [6, 6.07) is 5.36. The molecule has 1 rings (SSSR count).